The van der Waals surface area contributed by atoms with Gasteiger partial charge >= 0.3 is 0 Å². The van der Waals surface area contributed by atoms with E-state index < -0.39 is 0 Å². The molecule has 1 saturated carbocycles. The average Bonchev–Trinajstić information content (AvgIpc) is 3.23. The Balaban J connectivity index is 0.00000133. The molecule has 100 valence electrons. The van der Waals surface area contributed by atoms with E-state index in [0.717, 1.165) is 29.5 Å². The molecule has 2 aromatic rings. The molecule has 1 aliphatic carbocycles. The molecular weight excluding hydrogens is 261 g/mol. The van der Waals surface area contributed by atoms with Crippen LogP contribution in [-0.2, 0) is 0 Å². The first kappa shape index (κ1) is 14.0. The Morgan fingerprint density at radius 2 is 1.68 bits per heavy atom. The van der Waals surface area contributed by atoms with Gasteiger partial charge in [-0.25, -0.2) is 4.39 Å². The summed E-state index contributed by atoms with van der Waals surface area (Å²) in [6.07, 6.45) is 2.26. The van der Waals surface area contributed by atoms with Crippen molar-refractivity contribution >= 4 is 0 Å². The van der Waals surface area contributed by atoms with Gasteiger partial charge in [0.15, 0.2) is 0 Å². The van der Waals surface area contributed by atoms with E-state index in [0.29, 0.717) is 5.92 Å². The summed E-state index contributed by atoms with van der Waals surface area (Å²) in [5.41, 5.74) is 7.09. The summed E-state index contributed by atoms with van der Waals surface area (Å²) in [6, 6.07) is 15.6. The lowest BCUT2D eigenvalue weighted by Gasteiger charge is -2.10. The van der Waals surface area contributed by atoms with E-state index in [1.165, 1.54) is 0 Å². The molecule has 3 rings (SSSR count). The van der Waals surface area contributed by atoms with Crippen molar-refractivity contribution in [3.8, 4) is 0 Å². The van der Waals surface area contributed by atoms with Crippen LogP contribution in [0.3, 0.4) is 0 Å². The number of benzene rings is 2. The second-order valence-corrected chi connectivity index (χ2v) is 5.02. The number of rotatable bonds is 3. The van der Waals surface area contributed by atoms with Crippen molar-refractivity contribution in [2.45, 2.75) is 24.8 Å². The largest absolute Gasteiger partial charge is 1.00 e. The van der Waals surface area contributed by atoms with Crippen molar-refractivity contribution in [2.75, 3.05) is 0 Å². The van der Waals surface area contributed by atoms with E-state index in [-0.39, 0.29) is 24.3 Å². The number of hydrogen-bond acceptors (Lipinski definition) is 0. The molecule has 0 spiro atoms. The monoisotopic (exact) mass is 277 g/mol. The van der Waals surface area contributed by atoms with Gasteiger partial charge in [0.25, 0.3) is 0 Å². The fraction of sp³-hybridized carbons (Fsp3) is 0.250. The van der Waals surface area contributed by atoms with E-state index in [1.54, 1.807) is 6.07 Å². The number of quaternary nitrogens is 1. The lowest BCUT2D eigenvalue weighted by Crippen LogP contribution is -3.00. The topological polar surface area (TPSA) is 27.6 Å². The van der Waals surface area contributed by atoms with Crippen molar-refractivity contribution in [1.82, 2.24) is 0 Å². The van der Waals surface area contributed by atoms with Crippen LogP contribution in [0.2, 0.25) is 0 Å². The normalized spacial score (nSPS) is 15.7. The van der Waals surface area contributed by atoms with Crippen LogP contribution in [0.25, 0.3) is 0 Å². The third-order valence-electron chi connectivity index (χ3n) is 3.65. The van der Waals surface area contributed by atoms with Crippen molar-refractivity contribution in [3.63, 3.8) is 0 Å². The fourth-order valence-corrected chi connectivity index (χ4v) is 2.36. The maximum Gasteiger partial charge on any atom is 0.136 e. The standard InChI is InChI=1S/C16H16FN.ClH/c17-15-10-13(8-9-14(15)11-6-7-11)16(18)12-4-2-1-3-5-12;/h1-5,8-11,16H,6-7,18H2;1H/t16-;/m0./s1. The second-order valence-electron chi connectivity index (χ2n) is 5.02. The first-order chi connectivity index (χ1) is 8.75. The van der Waals surface area contributed by atoms with E-state index >= 15 is 0 Å². The SMILES string of the molecule is [Cl-].[NH3+][C@@H](c1ccccc1)c1ccc(C2CC2)c(F)c1. The quantitative estimate of drug-likeness (QED) is 0.821. The minimum Gasteiger partial charge on any atom is -1.00 e. The molecule has 0 bridgehead atoms. The van der Waals surface area contributed by atoms with E-state index in [1.807, 2.05) is 42.5 Å². The van der Waals surface area contributed by atoms with Crippen LogP contribution in [-0.4, -0.2) is 0 Å². The minimum absolute atomic E-state index is 0. The minimum atomic E-state index is -0.0698. The third kappa shape index (κ3) is 2.96. The molecule has 3 heteroatoms. The number of halogens is 2. The second kappa shape index (κ2) is 5.72. The van der Waals surface area contributed by atoms with Gasteiger partial charge in [0.2, 0.25) is 0 Å². The lowest BCUT2D eigenvalue weighted by atomic mass is 9.97. The molecule has 0 aliphatic heterocycles. The molecule has 3 N–H and O–H groups in total. The Morgan fingerprint density at radius 3 is 2.26 bits per heavy atom. The van der Waals surface area contributed by atoms with Crippen molar-refractivity contribution in [3.05, 3.63) is 71.0 Å². The van der Waals surface area contributed by atoms with Gasteiger partial charge in [-0.05, 0) is 30.4 Å². The molecule has 1 fully saturated rings. The van der Waals surface area contributed by atoms with Crippen LogP contribution < -0.4 is 18.1 Å². The summed E-state index contributed by atoms with van der Waals surface area (Å²) in [5.74, 6) is 0.388. The van der Waals surface area contributed by atoms with Crippen LogP contribution in [0.1, 0.15) is 41.5 Å². The van der Waals surface area contributed by atoms with Crippen LogP contribution in [0.4, 0.5) is 4.39 Å². The van der Waals surface area contributed by atoms with Crippen molar-refractivity contribution < 1.29 is 22.5 Å². The Kier molecular flexibility index (Phi) is 4.23. The van der Waals surface area contributed by atoms with Gasteiger partial charge in [0.05, 0.1) is 0 Å². The highest BCUT2D eigenvalue weighted by Crippen LogP contribution is 2.41. The van der Waals surface area contributed by atoms with Crippen LogP contribution in [0, 0.1) is 5.82 Å². The molecule has 2 aromatic carbocycles. The smallest absolute Gasteiger partial charge is 0.136 e. The zero-order valence-electron chi connectivity index (χ0n) is 10.7. The fourth-order valence-electron chi connectivity index (χ4n) is 2.36. The van der Waals surface area contributed by atoms with Crippen molar-refractivity contribution in [1.29, 1.82) is 0 Å². The molecule has 0 unspecified atom stereocenters. The predicted octanol–water partition coefficient (Wildman–Crippen LogP) is 0.0384. The van der Waals surface area contributed by atoms with Crippen LogP contribution in [0.5, 0.6) is 0 Å². The first-order valence-corrected chi connectivity index (χ1v) is 6.43. The molecule has 0 aromatic heterocycles. The van der Waals surface area contributed by atoms with E-state index in [9.17, 15) is 4.39 Å². The van der Waals surface area contributed by atoms with E-state index in [2.05, 4.69) is 5.73 Å². The summed E-state index contributed by atoms with van der Waals surface area (Å²) in [4.78, 5) is 0. The zero-order chi connectivity index (χ0) is 12.5. The lowest BCUT2D eigenvalue weighted by molar-refractivity contribution is -0.411. The summed E-state index contributed by atoms with van der Waals surface area (Å²) < 4.78 is 14.0. The molecule has 0 heterocycles. The molecule has 0 radical (unpaired) electrons. The Labute approximate surface area is 119 Å². The summed E-state index contributed by atoms with van der Waals surface area (Å²) in [7, 11) is 0. The van der Waals surface area contributed by atoms with Gasteiger partial charge in [-0.1, -0.05) is 42.5 Å². The first-order valence-electron chi connectivity index (χ1n) is 6.43. The van der Waals surface area contributed by atoms with Crippen molar-refractivity contribution in [2.24, 2.45) is 0 Å². The van der Waals surface area contributed by atoms with E-state index in [4.69, 9.17) is 0 Å². The molecule has 0 amide bonds. The van der Waals surface area contributed by atoms with Gasteiger partial charge in [-0.3, -0.25) is 0 Å². The van der Waals surface area contributed by atoms with Gasteiger partial charge < -0.3 is 18.1 Å². The summed E-state index contributed by atoms with van der Waals surface area (Å²) >= 11 is 0. The predicted molar refractivity (Wildman–Crippen MR) is 69.5 cm³/mol. The zero-order valence-corrected chi connectivity index (χ0v) is 11.4. The molecule has 1 aliphatic rings. The van der Waals surface area contributed by atoms with Gasteiger partial charge in [-0.2, -0.15) is 0 Å². The maximum absolute atomic E-state index is 14.0. The Morgan fingerprint density at radius 1 is 1.00 bits per heavy atom. The highest BCUT2D eigenvalue weighted by Gasteiger charge is 2.27. The maximum atomic E-state index is 14.0. The van der Waals surface area contributed by atoms with Gasteiger partial charge in [0.1, 0.15) is 11.9 Å². The molecule has 1 atom stereocenters. The van der Waals surface area contributed by atoms with Gasteiger partial charge in [0, 0.05) is 11.1 Å². The third-order valence-corrected chi connectivity index (χ3v) is 3.65. The molecule has 19 heavy (non-hydrogen) atoms. The number of hydrogen-bond donors (Lipinski definition) is 1. The highest BCUT2D eigenvalue weighted by molar-refractivity contribution is 5.34. The van der Waals surface area contributed by atoms with Gasteiger partial charge in [-0.15, -0.1) is 0 Å². The van der Waals surface area contributed by atoms with Crippen LogP contribution >= 0.6 is 0 Å². The Hall–Kier alpha value is -1.38. The molecular formula is C16H17ClFN. The Bertz CT molecular complexity index is 552. The van der Waals surface area contributed by atoms with Crippen LogP contribution in [0.15, 0.2) is 48.5 Å². The summed E-state index contributed by atoms with van der Waals surface area (Å²) in [6.45, 7) is 0. The molecule has 1 nitrogen and oxygen atoms in total. The molecule has 0 saturated heterocycles. The highest BCUT2D eigenvalue weighted by atomic mass is 35.5. The average molecular weight is 278 g/mol. The summed E-state index contributed by atoms with van der Waals surface area (Å²) in [5, 5.41) is 0.